The molecule has 1 saturated heterocycles. The van der Waals surface area contributed by atoms with Crippen molar-refractivity contribution in [2.24, 2.45) is 5.73 Å². The number of carbonyl (C=O) groups is 2. The van der Waals surface area contributed by atoms with Crippen molar-refractivity contribution in [2.75, 3.05) is 38.1 Å². The Labute approximate surface area is 196 Å². The minimum Gasteiger partial charge on any atom is -0.494 e. The fraction of sp³-hybridized carbons (Fsp3) is 0.500. The first-order chi connectivity index (χ1) is 16.0. The Morgan fingerprint density at radius 3 is 2.76 bits per heavy atom. The summed E-state index contributed by atoms with van der Waals surface area (Å²) in [7, 11) is 0. The maximum atomic E-state index is 14.1. The lowest BCUT2D eigenvalue weighted by atomic mass is 10.2. The molecule has 0 spiro atoms. The maximum Gasteiger partial charge on any atom is 0.319 e. The number of urea groups is 1. The number of unbranched alkanes of at least 4 members (excludes halogenated alkanes) is 1. The van der Waals surface area contributed by atoms with Crippen molar-refractivity contribution in [3.8, 4) is 11.6 Å². The van der Waals surface area contributed by atoms with E-state index in [-0.39, 0.29) is 28.6 Å². The van der Waals surface area contributed by atoms with Crippen LogP contribution in [0.3, 0.4) is 0 Å². The van der Waals surface area contributed by atoms with E-state index in [0.717, 1.165) is 44.0 Å². The monoisotopic (exact) mass is 479 g/mol. The average Bonchev–Trinajstić information content (AvgIpc) is 3.44. The maximum absolute atomic E-state index is 14.1. The Morgan fingerprint density at radius 2 is 2.03 bits per heavy atom. The van der Waals surface area contributed by atoms with Gasteiger partial charge in [0.2, 0.25) is 5.88 Å². The minimum atomic E-state index is -0.803. The molecule has 0 saturated carbocycles. The lowest BCUT2D eigenvalue weighted by Crippen LogP contribution is -2.30. The average molecular weight is 480 g/mol. The summed E-state index contributed by atoms with van der Waals surface area (Å²) in [5, 5.41) is 5.55. The van der Waals surface area contributed by atoms with Crippen LogP contribution in [0.2, 0.25) is 0 Å². The molecule has 1 aromatic carbocycles. The quantitative estimate of drug-likeness (QED) is 0.402. The lowest BCUT2D eigenvalue weighted by molar-refractivity contribution is 0.0996. The molecule has 1 fully saturated rings. The second kappa shape index (κ2) is 12.4. The molecule has 33 heavy (non-hydrogen) atoms. The summed E-state index contributed by atoms with van der Waals surface area (Å²) >= 11 is 0.871. The molecule has 1 aromatic heterocycles. The molecule has 2 aromatic rings. The molecule has 2 heterocycles. The standard InChI is InChI=1S/C22H30FN5O4S/c1-2-31-16-7-8-17(23)15(13-16)14-32-20-18(19(24)29)21(33-27-20)26-22(30)25-9-3-4-10-28-11-5-6-12-28/h7-8,13H,2-6,9-12,14H2,1H3,(H2,24,29)(H2,25,26,30). The molecule has 0 bridgehead atoms. The Bertz CT molecular complexity index is 949. The van der Waals surface area contributed by atoms with Gasteiger partial charge in [0.05, 0.1) is 6.61 Å². The number of hydrogen-bond donors (Lipinski definition) is 3. The van der Waals surface area contributed by atoms with Crippen molar-refractivity contribution >= 4 is 28.5 Å². The van der Waals surface area contributed by atoms with E-state index in [4.69, 9.17) is 15.2 Å². The Balaban J connectivity index is 1.51. The lowest BCUT2D eigenvalue weighted by Gasteiger charge is -2.14. The van der Waals surface area contributed by atoms with E-state index in [2.05, 4.69) is 19.9 Å². The van der Waals surface area contributed by atoms with Gasteiger partial charge in [0.1, 0.15) is 28.7 Å². The van der Waals surface area contributed by atoms with Gasteiger partial charge < -0.3 is 25.4 Å². The van der Waals surface area contributed by atoms with Crippen molar-refractivity contribution < 1.29 is 23.5 Å². The van der Waals surface area contributed by atoms with Gasteiger partial charge in [-0.1, -0.05) is 0 Å². The number of carbonyl (C=O) groups excluding carboxylic acids is 2. The molecule has 0 aliphatic carbocycles. The number of aromatic nitrogens is 1. The van der Waals surface area contributed by atoms with E-state index < -0.39 is 17.8 Å². The molecule has 1 aliphatic heterocycles. The number of anilines is 1. The Kier molecular flexibility index (Phi) is 9.25. The highest BCUT2D eigenvalue weighted by Crippen LogP contribution is 2.31. The summed E-state index contributed by atoms with van der Waals surface area (Å²) < 4.78 is 29.1. The van der Waals surface area contributed by atoms with Crippen LogP contribution in [0.4, 0.5) is 14.2 Å². The fourth-order valence-electron chi connectivity index (χ4n) is 3.56. The van der Waals surface area contributed by atoms with Crippen molar-refractivity contribution in [3.63, 3.8) is 0 Å². The molecule has 0 unspecified atom stereocenters. The van der Waals surface area contributed by atoms with Gasteiger partial charge in [0.25, 0.3) is 5.91 Å². The second-order valence-corrected chi connectivity index (χ2v) is 8.44. The van der Waals surface area contributed by atoms with Gasteiger partial charge in [-0.2, -0.15) is 4.37 Å². The topological polar surface area (TPSA) is 119 Å². The summed E-state index contributed by atoms with van der Waals surface area (Å²) in [5.74, 6) is -0.833. The van der Waals surface area contributed by atoms with E-state index in [0.29, 0.717) is 18.9 Å². The first-order valence-corrected chi connectivity index (χ1v) is 11.9. The van der Waals surface area contributed by atoms with Crippen LogP contribution in [-0.2, 0) is 6.61 Å². The molecule has 3 rings (SSSR count). The van der Waals surface area contributed by atoms with Gasteiger partial charge in [-0.25, -0.2) is 9.18 Å². The van der Waals surface area contributed by atoms with Gasteiger partial charge in [-0.05, 0) is 82.0 Å². The van der Waals surface area contributed by atoms with Gasteiger partial charge in [-0.3, -0.25) is 10.1 Å². The van der Waals surface area contributed by atoms with Gasteiger partial charge in [0.15, 0.2) is 0 Å². The Hall–Kier alpha value is -2.92. The number of primary amides is 1. The van der Waals surface area contributed by atoms with Crippen molar-refractivity contribution in [3.05, 3.63) is 35.1 Å². The predicted molar refractivity (Wildman–Crippen MR) is 124 cm³/mol. The molecule has 0 radical (unpaired) electrons. The number of hydrogen-bond acceptors (Lipinski definition) is 7. The molecule has 180 valence electrons. The van der Waals surface area contributed by atoms with Gasteiger partial charge in [-0.15, -0.1) is 0 Å². The summed E-state index contributed by atoms with van der Waals surface area (Å²) in [6.07, 6.45) is 4.39. The summed E-state index contributed by atoms with van der Waals surface area (Å²) in [6.45, 7) is 5.96. The van der Waals surface area contributed by atoms with Gasteiger partial charge >= 0.3 is 6.03 Å². The zero-order valence-corrected chi connectivity index (χ0v) is 19.5. The van der Waals surface area contributed by atoms with Crippen LogP contribution < -0.4 is 25.8 Å². The number of ether oxygens (including phenoxy) is 2. The normalized spacial score (nSPS) is 13.6. The van der Waals surface area contributed by atoms with E-state index in [1.54, 1.807) is 0 Å². The largest absolute Gasteiger partial charge is 0.494 e. The van der Waals surface area contributed by atoms with Crippen LogP contribution >= 0.6 is 11.5 Å². The second-order valence-electron chi connectivity index (χ2n) is 7.67. The summed E-state index contributed by atoms with van der Waals surface area (Å²) in [5.41, 5.74) is 5.67. The number of halogens is 1. The SMILES string of the molecule is CCOc1ccc(F)c(COc2nsc(NC(=O)NCCCCN3CCCC3)c2C(N)=O)c1. The molecule has 3 amide bonds. The molecule has 1 aliphatic rings. The first kappa shape index (κ1) is 24.7. The highest BCUT2D eigenvalue weighted by atomic mass is 32.1. The Morgan fingerprint density at radius 1 is 1.24 bits per heavy atom. The van der Waals surface area contributed by atoms with Crippen molar-refractivity contribution in [2.45, 2.75) is 39.2 Å². The number of rotatable bonds is 12. The van der Waals surface area contributed by atoms with E-state index in [1.807, 2.05) is 6.92 Å². The smallest absolute Gasteiger partial charge is 0.319 e. The van der Waals surface area contributed by atoms with Crippen LogP contribution in [-0.4, -0.2) is 54.0 Å². The molecular formula is C22H30FN5O4S. The summed E-state index contributed by atoms with van der Waals surface area (Å²) in [6, 6.07) is 3.87. The van der Waals surface area contributed by atoms with Gasteiger partial charge in [0, 0.05) is 12.1 Å². The third-order valence-electron chi connectivity index (χ3n) is 5.21. The zero-order valence-electron chi connectivity index (χ0n) is 18.7. The van der Waals surface area contributed by atoms with Crippen LogP contribution in [0.1, 0.15) is 48.5 Å². The predicted octanol–water partition coefficient (Wildman–Crippen LogP) is 3.36. The molecule has 11 heteroatoms. The zero-order chi connectivity index (χ0) is 23.6. The van der Waals surface area contributed by atoms with Crippen molar-refractivity contribution in [1.82, 2.24) is 14.6 Å². The summed E-state index contributed by atoms with van der Waals surface area (Å²) in [4.78, 5) is 26.6. The number of nitrogens with two attached hydrogens (primary N) is 1. The third-order valence-corrected chi connectivity index (χ3v) is 5.96. The number of benzene rings is 1. The first-order valence-electron chi connectivity index (χ1n) is 11.1. The number of likely N-dealkylation sites (tertiary alicyclic amines) is 1. The highest BCUT2D eigenvalue weighted by Gasteiger charge is 2.22. The molecule has 4 N–H and O–H groups in total. The number of amides is 3. The number of nitrogens with zero attached hydrogens (tertiary/aromatic N) is 2. The minimum absolute atomic E-state index is 0.0504. The highest BCUT2D eigenvalue weighted by molar-refractivity contribution is 7.11. The van der Waals surface area contributed by atoms with Crippen LogP contribution in [0.5, 0.6) is 11.6 Å². The fourth-order valence-corrected chi connectivity index (χ4v) is 4.29. The number of nitrogens with one attached hydrogen (secondary N) is 2. The third kappa shape index (κ3) is 7.29. The molecule has 9 nitrogen and oxygen atoms in total. The van der Waals surface area contributed by atoms with Crippen molar-refractivity contribution in [1.29, 1.82) is 0 Å². The van der Waals surface area contributed by atoms with Crippen LogP contribution in [0.25, 0.3) is 0 Å². The van der Waals surface area contributed by atoms with E-state index in [9.17, 15) is 14.0 Å². The molecule has 0 atom stereocenters. The van der Waals surface area contributed by atoms with E-state index in [1.165, 1.54) is 31.0 Å². The van der Waals surface area contributed by atoms with Crippen LogP contribution in [0, 0.1) is 5.82 Å². The van der Waals surface area contributed by atoms with Crippen LogP contribution in [0.15, 0.2) is 18.2 Å². The van der Waals surface area contributed by atoms with E-state index >= 15 is 0 Å². The molecular weight excluding hydrogens is 449 g/mol.